The first-order chi connectivity index (χ1) is 14.9. The number of nitrogens with zero attached hydrogens (tertiary/aromatic N) is 1. The van der Waals surface area contributed by atoms with Crippen LogP contribution >= 0.6 is 0 Å². The molecule has 0 saturated carbocycles. The lowest BCUT2D eigenvalue weighted by Crippen LogP contribution is -2.08. The van der Waals surface area contributed by atoms with Gasteiger partial charge in [0, 0.05) is 13.1 Å². The summed E-state index contributed by atoms with van der Waals surface area (Å²) in [7, 11) is 0. The lowest BCUT2D eigenvalue weighted by Gasteiger charge is -2.18. The molecule has 3 aromatic carbocycles. The highest BCUT2D eigenvalue weighted by molar-refractivity contribution is 6.08. The summed E-state index contributed by atoms with van der Waals surface area (Å²) in [5.74, 6) is 0. The number of rotatable bonds is 1. The molecule has 0 amide bonds. The molecule has 0 spiro atoms. The van der Waals surface area contributed by atoms with Gasteiger partial charge in [-0.3, -0.25) is 4.70 Å². The summed E-state index contributed by atoms with van der Waals surface area (Å²) in [4.78, 5) is 2.25. The first kappa shape index (κ1) is 22.6. The lowest BCUT2D eigenvalue weighted by molar-refractivity contribution is 0.469. The van der Waals surface area contributed by atoms with Gasteiger partial charge in [-0.1, -0.05) is 55.1 Å². The normalized spacial score (nSPS) is 14.5. The molecule has 1 aliphatic carbocycles. The van der Waals surface area contributed by atoms with Crippen LogP contribution in [0.2, 0.25) is 0 Å². The zero-order valence-electron chi connectivity index (χ0n) is 18.1. The van der Waals surface area contributed by atoms with Crippen LogP contribution in [0.3, 0.4) is 0 Å². The SMILES string of the molecule is C=CN1CCCC1.F.c1ccc2c(c1)ccc1c3c(ccc12)CCCC3.c1ccoc1. The fourth-order valence-electron chi connectivity index (χ4n) is 4.49. The highest BCUT2D eigenvalue weighted by Gasteiger charge is 2.13. The molecule has 3 heteroatoms. The van der Waals surface area contributed by atoms with Crippen molar-refractivity contribution < 1.29 is 9.12 Å². The smallest absolute Gasteiger partial charge is 0.0902 e. The van der Waals surface area contributed by atoms with Gasteiger partial charge in [0.05, 0.1) is 12.5 Å². The van der Waals surface area contributed by atoms with Crippen molar-refractivity contribution in [3.8, 4) is 0 Å². The summed E-state index contributed by atoms with van der Waals surface area (Å²) in [6.07, 6.45) is 13.1. The molecule has 162 valence electrons. The van der Waals surface area contributed by atoms with Crippen LogP contribution in [0.4, 0.5) is 4.70 Å². The van der Waals surface area contributed by atoms with Crippen LogP contribution in [0.1, 0.15) is 36.8 Å². The molecule has 31 heavy (non-hydrogen) atoms. The maximum Gasteiger partial charge on any atom is 0.0902 e. The van der Waals surface area contributed by atoms with Gasteiger partial charge in [0.25, 0.3) is 0 Å². The Bertz CT molecular complexity index is 1060. The minimum atomic E-state index is 0. The van der Waals surface area contributed by atoms with E-state index in [1.165, 1.54) is 73.2 Å². The number of halogens is 1. The van der Waals surface area contributed by atoms with E-state index in [1.54, 1.807) is 23.7 Å². The number of likely N-dealkylation sites (tertiary alicyclic amines) is 1. The van der Waals surface area contributed by atoms with Gasteiger partial charge in [-0.25, -0.2) is 0 Å². The van der Waals surface area contributed by atoms with Gasteiger partial charge in [-0.2, -0.15) is 0 Å². The van der Waals surface area contributed by atoms with Gasteiger partial charge in [0.1, 0.15) is 0 Å². The second-order valence-electron chi connectivity index (χ2n) is 8.01. The van der Waals surface area contributed by atoms with Crippen molar-refractivity contribution in [2.75, 3.05) is 13.1 Å². The number of fused-ring (bicyclic) bond motifs is 5. The predicted octanol–water partition coefficient (Wildman–Crippen LogP) is 7.53. The van der Waals surface area contributed by atoms with Crippen molar-refractivity contribution in [2.24, 2.45) is 0 Å². The van der Waals surface area contributed by atoms with E-state index in [2.05, 4.69) is 64.4 Å². The number of hydrogen-bond donors (Lipinski definition) is 0. The van der Waals surface area contributed by atoms with E-state index in [0.29, 0.717) is 0 Å². The average Bonchev–Trinajstić information content (AvgIpc) is 3.56. The number of hydrogen-bond acceptors (Lipinski definition) is 2. The second kappa shape index (κ2) is 11.4. The summed E-state index contributed by atoms with van der Waals surface area (Å²) >= 11 is 0. The summed E-state index contributed by atoms with van der Waals surface area (Å²) in [6, 6.07) is 21.6. The Hall–Kier alpha value is -3.07. The zero-order valence-corrected chi connectivity index (χ0v) is 18.1. The van der Waals surface area contributed by atoms with E-state index in [-0.39, 0.29) is 4.70 Å². The Morgan fingerprint density at radius 1 is 0.710 bits per heavy atom. The molecular weight excluding hydrogens is 385 g/mol. The van der Waals surface area contributed by atoms with Gasteiger partial charge in [0.15, 0.2) is 0 Å². The van der Waals surface area contributed by atoms with Crippen molar-refractivity contribution >= 4 is 21.5 Å². The molecule has 2 heterocycles. The van der Waals surface area contributed by atoms with E-state index in [1.807, 2.05) is 18.3 Å². The Morgan fingerprint density at radius 2 is 1.42 bits per heavy atom. The van der Waals surface area contributed by atoms with Crippen LogP contribution in [-0.4, -0.2) is 18.0 Å². The van der Waals surface area contributed by atoms with E-state index < -0.39 is 0 Å². The maximum atomic E-state index is 4.58. The van der Waals surface area contributed by atoms with Crippen molar-refractivity contribution in [3.63, 3.8) is 0 Å². The molecule has 1 aliphatic heterocycles. The molecule has 1 aromatic heterocycles. The molecule has 0 unspecified atom stereocenters. The molecule has 2 aliphatic rings. The molecule has 0 bridgehead atoms. The molecule has 1 fully saturated rings. The van der Waals surface area contributed by atoms with Crippen LogP contribution in [0.5, 0.6) is 0 Å². The number of furan rings is 1. The van der Waals surface area contributed by atoms with Gasteiger partial charge in [-0.05, 0) is 89.5 Å². The minimum absolute atomic E-state index is 0. The summed E-state index contributed by atoms with van der Waals surface area (Å²) < 4.78 is 4.58. The molecule has 1 saturated heterocycles. The van der Waals surface area contributed by atoms with Gasteiger partial charge in [0.2, 0.25) is 0 Å². The highest BCUT2D eigenvalue weighted by atomic mass is 19.0. The third kappa shape index (κ3) is 5.55. The Kier molecular flexibility index (Phi) is 8.28. The van der Waals surface area contributed by atoms with Crippen LogP contribution in [0.15, 0.2) is 90.4 Å². The predicted molar refractivity (Wildman–Crippen MR) is 130 cm³/mol. The third-order valence-electron chi connectivity index (χ3n) is 6.08. The fraction of sp³-hybridized carbons (Fsp3) is 0.286. The van der Waals surface area contributed by atoms with E-state index in [0.717, 1.165) is 0 Å². The first-order valence-corrected chi connectivity index (χ1v) is 11.1. The minimum Gasteiger partial charge on any atom is -0.473 e. The average molecular weight is 418 g/mol. The summed E-state index contributed by atoms with van der Waals surface area (Å²) in [5.41, 5.74) is 3.17. The molecule has 2 nitrogen and oxygen atoms in total. The van der Waals surface area contributed by atoms with Crippen molar-refractivity contribution in [1.29, 1.82) is 0 Å². The van der Waals surface area contributed by atoms with Crippen molar-refractivity contribution in [1.82, 2.24) is 4.90 Å². The Morgan fingerprint density at radius 3 is 2.10 bits per heavy atom. The summed E-state index contributed by atoms with van der Waals surface area (Å²) in [6.45, 7) is 6.12. The van der Waals surface area contributed by atoms with Gasteiger partial charge < -0.3 is 9.32 Å². The van der Waals surface area contributed by atoms with E-state index in [4.69, 9.17) is 0 Å². The fourth-order valence-corrected chi connectivity index (χ4v) is 4.49. The van der Waals surface area contributed by atoms with Gasteiger partial charge >= 0.3 is 0 Å². The Labute approximate surface area is 184 Å². The van der Waals surface area contributed by atoms with Crippen LogP contribution in [0, 0.1) is 0 Å². The molecule has 4 aromatic rings. The molecule has 0 atom stereocenters. The third-order valence-corrected chi connectivity index (χ3v) is 6.08. The van der Waals surface area contributed by atoms with Crippen LogP contribution in [0.25, 0.3) is 21.5 Å². The lowest BCUT2D eigenvalue weighted by atomic mass is 9.86. The van der Waals surface area contributed by atoms with Crippen molar-refractivity contribution in [2.45, 2.75) is 38.5 Å². The summed E-state index contributed by atoms with van der Waals surface area (Å²) in [5, 5.41) is 5.64. The maximum absolute atomic E-state index is 4.58. The number of benzene rings is 3. The van der Waals surface area contributed by atoms with Crippen LogP contribution in [-0.2, 0) is 12.8 Å². The molecule has 0 radical (unpaired) electrons. The quantitative estimate of drug-likeness (QED) is 0.298. The highest BCUT2D eigenvalue weighted by Crippen LogP contribution is 2.33. The van der Waals surface area contributed by atoms with E-state index >= 15 is 0 Å². The molecule has 0 N–H and O–H groups in total. The van der Waals surface area contributed by atoms with E-state index in [9.17, 15) is 0 Å². The van der Waals surface area contributed by atoms with Gasteiger partial charge in [-0.15, -0.1) is 0 Å². The standard InChI is InChI=1S/C18H16.C6H11N.C4H4O.FH/c1-3-7-15-13(5-1)9-11-18-16-8-4-2-6-14(16)10-12-17(15)18;1-2-7-5-3-4-6-7;1-2-4-5-3-1;/h1,3,5,7,9-12H,2,4,6,8H2;2H,1,3-6H2;1-4H;1H. The topological polar surface area (TPSA) is 16.4 Å². The Balaban J connectivity index is 0.000000173. The second-order valence-corrected chi connectivity index (χ2v) is 8.01. The largest absolute Gasteiger partial charge is 0.473 e. The zero-order chi connectivity index (χ0) is 20.6. The molecular formula is C28H32FNO. The first-order valence-electron chi connectivity index (χ1n) is 11.1. The molecule has 6 rings (SSSR count). The van der Waals surface area contributed by atoms with Crippen molar-refractivity contribution in [3.05, 3.63) is 97.1 Å². The number of aryl methyl sites for hydroxylation is 2. The monoisotopic (exact) mass is 417 g/mol. The van der Waals surface area contributed by atoms with Crippen LogP contribution < -0.4 is 0 Å².